The summed E-state index contributed by atoms with van der Waals surface area (Å²) >= 11 is 0. The summed E-state index contributed by atoms with van der Waals surface area (Å²) in [5.41, 5.74) is 1.46. The highest BCUT2D eigenvalue weighted by Gasteiger charge is 2.15. The highest BCUT2D eigenvalue weighted by Crippen LogP contribution is 2.22. The second-order valence-electron chi connectivity index (χ2n) is 4.71. The molecule has 0 saturated heterocycles. The van der Waals surface area contributed by atoms with E-state index in [0.29, 0.717) is 24.4 Å². The summed E-state index contributed by atoms with van der Waals surface area (Å²) in [5, 5.41) is 20.2. The Bertz CT molecular complexity index is 627. The molecule has 6 nitrogen and oxygen atoms in total. The van der Waals surface area contributed by atoms with E-state index in [0.717, 1.165) is 5.56 Å². The fraction of sp³-hybridized carbons (Fsp3) is 0.385. The fourth-order valence-corrected chi connectivity index (χ4v) is 1.82. The smallest absolute Gasteiger partial charge is 0.306 e. The molecule has 1 heterocycles. The number of tetrazole rings is 1. The highest BCUT2D eigenvalue weighted by molar-refractivity contribution is 5.69. The standard InChI is InChI=1S/C13H15FN4O2/c1-8-3-4-10(14)7-11(8)12-15-16-17-18(12)6-5-9(2)13(19)20/h3-4,7,9H,5-6H2,1-2H3,(H,19,20). The van der Waals surface area contributed by atoms with Crippen molar-refractivity contribution in [3.8, 4) is 11.4 Å². The number of hydrogen-bond acceptors (Lipinski definition) is 4. The molecule has 7 heteroatoms. The monoisotopic (exact) mass is 278 g/mol. The Morgan fingerprint density at radius 2 is 2.25 bits per heavy atom. The number of benzene rings is 1. The predicted molar refractivity (Wildman–Crippen MR) is 69.4 cm³/mol. The maximum atomic E-state index is 13.3. The van der Waals surface area contributed by atoms with Crippen LogP contribution in [0.15, 0.2) is 18.2 Å². The number of aromatic nitrogens is 4. The van der Waals surface area contributed by atoms with Gasteiger partial charge >= 0.3 is 5.97 Å². The zero-order valence-electron chi connectivity index (χ0n) is 11.2. The molecule has 106 valence electrons. The van der Waals surface area contributed by atoms with E-state index >= 15 is 0 Å². The van der Waals surface area contributed by atoms with E-state index in [1.807, 2.05) is 6.92 Å². The fourth-order valence-electron chi connectivity index (χ4n) is 1.82. The van der Waals surface area contributed by atoms with Crippen LogP contribution < -0.4 is 0 Å². The Morgan fingerprint density at radius 3 is 2.95 bits per heavy atom. The summed E-state index contributed by atoms with van der Waals surface area (Å²) in [6, 6.07) is 4.40. The van der Waals surface area contributed by atoms with Crippen molar-refractivity contribution in [3.05, 3.63) is 29.6 Å². The van der Waals surface area contributed by atoms with Crippen LogP contribution in [0.2, 0.25) is 0 Å². The van der Waals surface area contributed by atoms with Crippen molar-refractivity contribution in [2.75, 3.05) is 0 Å². The number of carboxylic acids is 1. The van der Waals surface area contributed by atoms with Gasteiger partial charge in [-0.15, -0.1) is 5.10 Å². The molecule has 1 aromatic carbocycles. The number of aryl methyl sites for hydroxylation is 2. The van der Waals surface area contributed by atoms with Gasteiger partial charge in [0.05, 0.1) is 5.92 Å². The second kappa shape index (κ2) is 5.77. The average Bonchev–Trinajstić information content (AvgIpc) is 2.86. The Morgan fingerprint density at radius 1 is 1.50 bits per heavy atom. The SMILES string of the molecule is Cc1ccc(F)cc1-c1nnnn1CCC(C)C(=O)O. The summed E-state index contributed by atoms with van der Waals surface area (Å²) in [4.78, 5) is 10.8. The summed E-state index contributed by atoms with van der Waals surface area (Å²) < 4.78 is 14.8. The van der Waals surface area contributed by atoms with Crippen LogP contribution in [0.25, 0.3) is 11.4 Å². The molecule has 2 rings (SSSR count). The lowest BCUT2D eigenvalue weighted by molar-refractivity contribution is -0.141. The lowest BCUT2D eigenvalue weighted by Crippen LogP contribution is -2.14. The van der Waals surface area contributed by atoms with E-state index < -0.39 is 11.9 Å². The quantitative estimate of drug-likeness (QED) is 0.903. The summed E-state index contributed by atoms with van der Waals surface area (Å²) in [7, 11) is 0. The van der Waals surface area contributed by atoms with Crippen molar-refractivity contribution in [1.82, 2.24) is 20.2 Å². The van der Waals surface area contributed by atoms with E-state index in [9.17, 15) is 9.18 Å². The number of nitrogens with zero attached hydrogens (tertiary/aromatic N) is 4. The minimum atomic E-state index is -0.860. The van der Waals surface area contributed by atoms with E-state index in [-0.39, 0.29) is 5.82 Å². The molecule has 0 amide bonds. The van der Waals surface area contributed by atoms with Gasteiger partial charge in [-0.25, -0.2) is 9.07 Å². The van der Waals surface area contributed by atoms with Crippen molar-refractivity contribution >= 4 is 5.97 Å². The Kier molecular flexibility index (Phi) is 4.07. The molecule has 0 radical (unpaired) electrons. The maximum Gasteiger partial charge on any atom is 0.306 e. The van der Waals surface area contributed by atoms with Gasteiger partial charge in [-0.2, -0.15) is 0 Å². The molecule has 0 spiro atoms. The molecule has 1 unspecified atom stereocenters. The minimum Gasteiger partial charge on any atom is -0.481 e. The van der Waals surface area contributed by atoms with E-state index in [1.54, 1.807) is 13.0 Å². The molecule has 0 fully saturated rings. The van der Waals surface area contributed by atoms with Crippen LogP contribution in [0.1, 0.15) is 18.9 Å². The Hall–Kier alpha value is -2.31. The van der Waals surface area contributed by atoms with Gasteiger partial charge in [-0.1, -0.05) is 13.0 Å². The molecule has 0 aliphatic carbocycles. The van der Waals surface area contributed by atoms with Crippen LogP contribution in [0, 0.1) is 18.7 Å². The zero-order chi connectivity index (χ0) is 14.7. The first-order valence-corrected chi connectivity index (χ1v) is 6.24. The van der Waals surface area contributed by atoms with Gasteiger partial charge in [-0.3, -0.25) is 4.79 Å². The number of aliphatic carboxylic acids is 1. The molecule has 0 aliphatic rings. The van der Waals surface area contributed by atoms with Gasteiger partial charge < -0.3 is 5.11 Å². The molecule has 0 aliphatic heterocycles. The van der Waals surface area contributed by atoms with Crippen LogP contribution in [0.5, 0.6) is 0 Å². The Labute approximate surface area is 115 Å². The normalized spacial score (nSPS) is 12.3. The molecule has 20 heavy (non-hydrogen) atoms. The first-order chi connectivity index (χ1) is 9.49. The van der Waals surface area contributed by atoms with Gasteiger partial charge in [0.1, 0.15) is 5.82 Å². The summed E-state index contributed by atoms with van der Waals surface area (Å²) in [6.07, 6.45) is 0.405. The van der Waals surface area contributed by atoms with E-state index in [4.69, 9.17) is 5.11 Å². The van der Waals surface area contributed by atoms with Gasteiger partial charge in [0, 0.05) is 12.1 Å². The van der Waals surface area contributed by atoms with Crippen LogP contribution in [-0.4, -0.2) is 31.3 Å². The third-order valence-electron chi connectivity index (χ3n) is 3.17. The number of carboxylic acid groups (broad SMARTS) is 1. The van der Waals surface area contributed by atoms with E-state index in [1.165, 1.54) is 16.8 Å². The maximum absolute atomic E-state index is 13.3. The lowest BCUT2D eigenvalue weighted by atomic mass is 10.1. The minimum absolute atomic E-state index is 0.362. The average molecular weight is 278 g/mol. The van der Waals surface area contributed by atoms with E-state index in [2.05, 4.69) is 15.5 Å². The van der Waals surface area contributed by atoms with Gasteiger partial charge in [-0.05, 0) is 41.5 Å². The van der Waals surface area contributed by atoms with Crippen molar-refractivity contribution in [2.24, 2.45) is 5.92 Å². The number of halogens is 1. The zero-order valence-corrected chi connectivity index (χ0v) is 11.2. The van der Waals surface area contributed by atoms with Gasteiger partial charge in [0.2, 0.25) is 0 Å². The van der Waals surface area contributed by atoms with Crippen LogP contribution in [0.4, 0.5) is 4.39 Å². The predicted octanol–water partition coefficient (Wildman–Crippen LogP) is 1.90. The number of carbonyl (C=O) groups is 1. The van der Waals surface area contributed by atoms with Crippen LogP contribution in [0.3, 0.4) is 0 Å². The number of rotatable bonds is 5. The first kappa shape index (κ1) is 14.1. The first-order valence-electron chi connectivity index (χ1n) is 6.24. The summed E-state index contributed by atoms with van der Waals surface area (Å²) in [6.45, 7) is 3.83. The van der Waals surface area contributed by atoms with Crippen molar-refractivity contribution < 1.29 is 14.3 Å². The summed E-state index contributed by atoms with van der Waals surface area (Å²) in [5.74, 6) is -1.26. The van der Waals surface area contributed by atoms with Gasteiger partial charge in [0.15, 0.2) is 5.82 Å². The van der Waals surface area contributed by atoms with Gasteiger partial charge in [0.25, 0.3) is 0 Å². The van der Waals surface area contributed by atoms with Crippen molar-refractivity contribution in [3.63, 3.8) is 0 Å². The topological polar surface area (TPSA) is 80.9 Å². The third kappa shape index (κ3) is 2.98. The lowest BCUT2D eigenvalue weighted by Gasteiger charge is -2.09. The Balaban J connectivity index is 2.24. The van der Waals surface area contributed by atoms with Crippen LogP contribution >= 0.6 is 0 Å². The molecule has 1 aromatic heterocycles. The molecular weight excluding hydrogens is 263 g/mol. The molecule has 0 bridgehead atoms. The van der Waals surface area contributed by atoms with Crippen LogP contribution in [-0.2, 0) is 11.3 Å². The molecule has 1 atom stereocenters. The molecule has 1 N–H and O–H groups in total. The van der Waals surface area contributed by atoms with Crippen molar-refractivity contribution in [2.45, 2.75) is 26.8 Å². The third-order valence-corrected chi connectivity index (χ3v) is 3.17. The highest BCUT2D eigenvalue weighted by atomic mass is 19.1. The largest absolute Gasteiger partial charge is 0.481 e. The second-order valence-corrected chi connectivity index (χ2v) is 4.71. The number of hydrogen-bond donors (Lipinski definition) is 1. The molecular formula is C13H15FN4O2. The molecule has 2 aromatic rings. The van der Waals surface area contributed by atoms with Crippen molar-refractivity contribution in [1.29, 1.82) is 0 Å². The molecule has 0 saturated carbocycles.